The lowest BCUT2D eigenvalue weighted by atomic mass is 10.2. The van der Waals surface area contributed by atoms with Crippen LogP contribution in [0.25, 0.3) is 0 Å². The largest absolute Gasteiger partial charge is 0.434 e. The van der Waals surface area contributed by atoms with Crippen molar-refractivity contribution in [1.82, 2.24) is 10.2 Å². The van der Waals surface area contributed by atoms with Gasteiger partial charge in [0.25, 0.3) is 0 Å². The standard InChI is InChI=1S/C10H8ClF2N3OS/c11-7-1-2-8(17-9(12)13)6(3-7)4-14-10-16-15-5-18-10/h1-3,5,9H,4H2,(H,14,16). The number of hydrogen-bond acceptors (Lipinski definition) is 5. The minimum absolute atomic E-state index is 0.0893. The molecular formula is C10H8ClF2N3OS. The Labute approximate surface area is 111 Å². The summed E-state index contributed by atoms with van der Waals surface area (Å²) in [4.78, 5) is 0. The molecule has 0 bridgehead atoms. The summed E-state index contributed by atoms with van der Waals surface area (Å²) in [6.07, 6.45) is 0. The highest BCUT2D eigenvalue weighted by atomic mass is 35.5. The fraction of sp³-hybridized carbons (Fsp3) is 0.200. The second-order valence-corrected chi connectivity index (χ2v) is 4.50. The maximum atomic E-state index is 12.2. The Morgan fingerprint density at radius 2 is 2.28 bits per heavy atom. The molecule has 0 atom stereocenters. The first-order valence-corrected chi connectivity index (χ1v) is 6.14. The highest BCUT2D eigenvalue weighted by molar-refractivity contribution is 7.13. The molecule has 0 fully saturated rings. The Morgan fingerprint density at radius 3 is 2.94 bits per heavy atom. The molecule has 96 valence electrons. The van der Waals surface area contributed by atoms with Gasteiger partial charge in [0.1, 0.15) is 11.3 Å². The fourth-order valence-corrected chi connectivity index (χ4v) is 1.96. The predicted molar refractivity (Wildman–Crippen MR) is 65.3 cm³/mol. The third kappa shape index (κ3) is 3.51. The molecule has 0 radical (unpaired) electrons. The fourth-order valence-electron chi connectivity index (χ4n) is 1.32. The zero-order valence-corrected chi connectivity index (χ0v) is 10.5. The summed E-state index contributed by atoms with van der Waals surface area (Å²) in [5.74, 6) is 0.0893. The van der Waals surface area contributed by atoms with Gasteiger partial charge in [-0.25, -0.2) is 0 Å². The van der Waals surface area contributed by atoms with Gasteiger partial charge >= 0.3 is 6.61 Å². The first-order chi connectivity index (χ1) is 8.65. The molecule has 0 unspecified atom stereocenters. The van der Waals surface area contributed by atoms with Crippen LogP contribution in [0.4, 0.5) is 13.9 Å². The monoisotopic (exact) mass is 291 g/mol. The van der Waals surface area contributed by atoms with Gasteiger partial charge in [-0.05, 0) is 18.2 Å². The second kappa shape index (κ2) is 5.92. The number of benzene rings is 1. The number of halogens is 3. The Balaban J connectivity index is 2.11. The van der Waals surface area contributed by atoms with Crippen LogP contribution in [0.3, 0.4) is 0 Å². The van der Waals surface area contributed by atoms with Gasteiger partial charge in [0, 0.05) is 17.1 Å². The molecule has 0 aliphatic heterocycles. The van der Waals surface area contributed by atoms with Crippen molar-refractivity contribution in [3.63, 3.8) is 0 Å². The van der Waals surface area contributed by atoms with E-state index in [0.29, 0.717) is 15.7 Å². The minimum atomic E-state index is -2.87. The molecule has 1 aromatic carbocycles. The van der Waals surface area contributed by atoms with Crippen molar-refractivity contribution in [2.75, 3.05) is 5.32 Å². The summed E-state index contributed by atoms with van der Waals surface area (Å²) in [5, 5.41) is 11.4. The normalized spacial score (nSPS) is 10.7. The van der Waals surface area contributed by atoms with Gasteiger partial charge in [0.15, 0.2) is 0 Å². The molecule has 0 aliphatic carbocycles. The average Bonchev–Trinajstić information content (AvgIpc) is 2.82. The highest BCUT2D eigenvalue weighted by Gasteiger charge is 2.10. The zero-order valence-electron chi connectivity index (χ0n) is 8.94. The van der Waals surface area contributed by atoms with Crippen LogP contribution in [0.5, 0.6) is 5.75 Å². The zero-order chi connectivity index (χ0) is 13.0. The molecule has 4 nitrogen and oxygen atoms in total. The van der Waals surface area contributed by atoms with Crippen LogP contribution in [0.1, 0.15) is 5.56 Å². The van der Waals surface area contributed by atoms with Gasteiger partial charge < -0.3 is 10.1 Å². The van der Waals surface area contributed by atoms with Crippen LogP contribution in [0.15, 0.2) is 23.7 Å². The first kappa shape index (κ1) is 13.0. The van der Waals surface area contributed by atoms with Crippen molar-refractivity contribution >= 4 is 28.1 Å². The van der Waals surface area contributed by atoms with E-state index in [0.717, 1.165) is 0 Å². The van der Waals surface area contributed by atoms with E-state index in [1.807, 2.05) is 0 Å². The van der Waals surface area contributed by atoms with E-state index >= 15 is 0 Å². The van der Waals surface area contributed by atoms with Crippen molar-refractivity contribution in [3.05, 3.63) is 34.3 Å². The third-order valence-electron chi connectivity index (χ3n) is 2.03. The molecule has 2 rings (SSSR count). The molecule has 0 amide bonds. The van der Waals surface area contributed by atoms with Gasteiger partial charge in [0.2, 0.25) is 5.13 Å². The Morgan fingerprint density at radius 1 is 1.44 bits per heavy atom. The van der Waals surface area contributed by atoms with Gasteiger partial charge in [-0.15, -0.1) is 10.2 Å². The maximum absolute atomic E-state index is 12.2. The molecule has 0 spiro atoms. The van der Waals surface area contributed by atoms with E-state index in [1.54, 1.807) is 11.6 Å². The van der Waals surface area contributed by atoms with Crippen LogP contribution < -0.4 is 10.1 Å². The Hall–Kier alpha value is -1.47. The van der Waals surface area contributed by atoms with Crippen molar-refractivity contribution in [1.29, 1.82) is 0 Å². The number of alkyl halides is 2. The second-order valence-electron chi connectivity index (χ2n) is 3.23. The molecule has 0 aliphatic rings. The van der Waals surface area contributed by atoms with Gasteiger partial charge in [-0.2, -0.15) is 8.78 Å². The molecule has 0 saturated heterocycles. The number of ether oxygens (including phenoxy) is 1. The lowest BCUT2D eigenvalue weighted by Gasteiger charge is -2.11. The van der Waals surface area contributed by atoms with Crippen LogP contribution in [0, 0.1) is 0 Å². The average molecular weight is 292 g/mol. The Kier molecular flexibility index (Phi) is 4.27. The van der Waals surface area contributed by atoms with Crippen LogP contribution in [-0.4, -0.2) is 16.8 Å². The summed E-state index contributed by atoms with van der Waals surface area (Å²) in [6, 6.07) is 4.46. The highest BCUT2D eigenvalue weighted by Crippen LogP contribution is 2.25. The van der Waals surface area contributed by atoms with Crippen molar-refractivity contribution in [2.24, 2.45) is 0 Å². The summed E-state index contributed by atoms with van der Waals surface area (Å²) in [7, 11) is 0. The smallest absolute Gasteiger partial charge is 0.387 e. The lowest BCUT2D eigenvalue weighted by Crippen LogP contribution is -2.07. The molecule has 8 heteroatoms. The van der Waals surface area contributed by atoms with Crippen molar-refractivity contribution < 1.29 is 13.5 Å². The quantitative estimate of drug-likeness (QED) is 0.917. The summed E-state index contributed by atoms with van der Waals surface area (Å²) >= 11 is 7.13. The summed E-state index contributed by atoms with van der Waals surface area (Å²) < 4.78 is 28.8. The number of nitrogens with zero attached hydrogens (tertiary/aromatic N) is 2. The topological polar surface area (TPSA) is 47.0 Å². The van der Waals surface area contributed by atoms with E-state index in [1.165, 1.54) is 23.5 Å². The van der Waals surface area contributed by atoms with E-state index in [9.17, 15) is 8.78 Å². The first-order valence-electron chi connectivity index (χ1n) is 4.88. The van der Waals surface area contributed by atoms with E-state index in [-0.39, 0.29) is 12.3 Å². The van der Waals surface area contributed by atoms with Gasteiger partial charge in [-0.3, -0.25) is 0 Å². The minimum Gasteiger partial charge on any atom is -0.434 e. The number of anilines is 1. The molecule has 1 aromatic heterocycles. The lowest BCUT2D eigenvalue weighted by molar-refractivity contribution is -0.0504. The molecule has 1 N–H and O–H groups in total. The molecular weight excluding hydrogens is 284 g/mol. The van der Waals surface area contributed by atoms with Crippen LogP contribution >= 0.6 is 22.9 Å². The predicted octanol–water partition coefficient (Wildman–Crippen LogP) is 3.41. The molecule has 18 heavy (non-hydrogen) atoms. The Bertz CT molecular complexity index is 510. The van der Waals surface area contributed by atoms with Crippen LogP contribution in [-0.2, 0) is 6.54 Å². The molecule has 1 heterocycles. The van der Waals surface area contributed by atoms with E-state index in [4.69, 9.17) is 11.6 Å². The summed E-state index contributed by atoms with van der Waals surface area (Å²) in [6.45, 7) is -2.59. The van der Waals surface area contributed by atoms with Crippen molar-refractivity contribution in [2.45, 2.75) is 13.2 Å². The number of hydrogen-bond donors (Lipinski definition) is 1. The van der Waals surface area contributed by atoms with E-state index in [2.05, 4.69) is 20.3 Å². The number of rotatable bonds is 5. The number of nitrogens with one attached hydrogen (secondary N) is 1. The molecule has 2 aromatic rings. The van der Waals surface area contributed by atoms with Gasteiger partial charge in [0.05, 0.1) is 0 Å². The number of aromatic nitrogens is 2. The molecule has 0 saturated carbocycles. The van der Waals surface area contributed by atoms with Crippen LogP contribution in [0.2, 0.25) is 5.02 Å². The maximum Gasteiger partial charge on any atom is 0.387 e. The summed E-state index contributed by atoms with van der Waals surface area (Å²) in [5.41, 5.74) is 2.09. The third-order valence-corrected chi connectivity index (χ3v) is 2.91. The SMILES string of the molecule is FC(F)Oc1ccc(Cl)cc1CNc1nncs1. The van der Waals surface area contributed by atoms with Crippen molar-refractivity contribution in [3.8, 4) is 5.75 Å². The van der Waals surface area contributed by atoms with Gasteiger partial charge in [-0.1, -0.05) is 22.9 Å². The van der Waals surface area contributed by atoms with E-state index < -0.39 is 6.61 Å².